The van der Waals surface area contributed by atoms with Gasteiger partial charge < -0.3 is 0 Å². The Labute approximate surface area is 167 Å². The first-order valence-electron chi connectivity index (χ1n) is 11.4. The van der Waals surface area contributed by atoms with Gasteiger partial charge in [-0.15, -0.1) is 0 Å². The highest BCUT2D eigenvalue weighted by Gasteiger charge is 2.20. The standard InChI is InChI=1S/C26H40N/c1-4-7-9-12-16-23-20-21-27(22-25(23)19-13-10-8-5-2)26(6-3)24-17-14-11-15-18-24/h11,14-15,17-18,20-22,26H,4-10,12-13,16,19H2,1-3H3/q+1. The first kappa shape index (κ1) is 21.7. The van der Waals surface area contributed by atoms with Crippen LogP contribution in [0.5, 0.6) is 0 Å². The molecule has 0 bridgehead atoms. The number of hydrogen-bond donors (Lipinski definition) is 0. The van der Waals surface area contributed by atoms with E-state index in [4.69, 9.17) is 0 Å². The molecule has 27 heavy (non-hydrogen) atoms. The van der Waals surface area contributed by atoms with Crippen molar-refractivity contribution in [2.24, 2.45) is 0 Å². The zero-order valence-electron chi connectivity index (χ0n) is 17.9. The summed E-state index contributed by atoms with van der Waals surface area (Å²) < 4.78 is 2.46. The fourth-order valence-corrected chi connectivity index (χ4v) is 4.03. The molecule has 0 amide bonds. The molecule has 1 nitrogen and oxygen atoms in total. The van der Waals surface area contributed by atoms with Crippen molar-refractivity contribution in [2.45, 2.75) is 97.4 Å². The van der Waals surface area contributed by atoms with Gasteiger partial charge in [-0.05, 0) is 31.2 Å². The Bertz CT molecular complexity index is 632. The van der Waals surface area contributed by atoms with Crippen molar-refractivity contribution >= 4 is 0 Å². The van der Waals surface area contributed by atoms with E-state index in [0.29, 0.717) is 6.04 Å². The van der Waals surface area contributed by atoms with E-state index in [1.54, 1.807) is 11.1 Å². The van der Waals surface area contributed by atoms with Gasteiger partial charge in [0, 0.05) is 23.6 Å². The second-order valence-electron chi connectivity index (χ2n) is 7.90. The van der Waals surface area contributed by atoms with Gasteiger partial charge in [0.15, 0.2) is 18.4 Å². The van der Waals surface area contributed by atoms with Crippen molar-refractivity contribution in [2.75, 3.05) is 0 Å². The molecular weight excluding hydrogens is 326 g/mol. The summed E-state index contributed by atoms with van der Waals surface area (Å²) in [7, 11) is 0. The molecule has 1 heterocycles. The normalized spacial score (nSPS) is 12.3. The summed E-state index contributed by atoms with van der Waals surface area (Å²) in [6.45, 7) is 6.88. The minimum atomic E-state index is 0.440. The molecule has 1 atom stereocenters. The van der Waals surface area contributed by atoms with Gasteiger partial charge in [0.1, 0.15) is 0 Å². The van der Waals surface area contributed by atoms with Gasteiger partial charge in [0.05, 0.1) is 0 Å². The van der Waals surface area contributed by atoms with Gasteiger partial charge in [0.2, 0.25) is 0 Å². The fourth-order valence-electron chi connectivity index (χ4n) is 4.03. The monoisotopic (exact) mass is 366 g/mol. The van der Waals surface area contributed by atoms with E-state index in [1.807, 2.05) is 0 Å². The largest absolute Gasteiger partial charge is 0.198 e. The molecule has 0 saturated carbocycles. The van der Waals surface area contributed by atoms with E-state index in [2.05, 4.69) is 74.1 Å². The fraction of sp³-hybridized carbons (Fsp3) is 0.577. The summed E-state index contributed by atoms with van der Waals surface area (Å²) in [4.78, 5) is 0. The van der Waals surface area contributed by atoms with Crippen molar-refractivity contribution in [3.8, 4) is 0 Å². The van der Waals surface area contributed by atoms with E-state index >= 15 is 0 Å². The highest BCUT2D eigenvalue weighted by molar-refractivity contribution is 5.22. The highest BCUT2D eigenvalue weighted by Crippen LogP contribution is 2.19. The van der Waals surface area contributed by atoms with Crippen LogP contribution in [0, 0.1) is 0 Å². The lowest BCUT2D eigenvalue weighted by Crippen LogP contribution is -2.40. The summed E-state index contributed by atoms with van der Waals surface area (Å²) in [6.07, 6.45) is 19.1. The molecule has 1 heteroatoms. The van der Waals surface area contributed by atoms with Crippen LogP contribution in [0.15, 0.2) is 48.8 Å². The number of aryl methyl sites for hydroxylation is 2. The van der Waals surface area contributed by atoms with E-state index in [-0.39, 0.29) is 0 Å². The molecule has 2 aromatic rings. The topological polar surface area (TPSA) is 3.88 Å². The van der Waals surface area contributed by atoms with Gasteiger partial charge in [-0.3, -0.25) is 0 Å². The molecule has 1 aromatic carbocycles. The highest BCUT2D eigenvalue weighted by atomic mass is 15.0. The van der Waals surface area contributed by atoms with E-state index in [1.165, 1.54) is 69.8 Å². The summed E-state index contributed by atoms with van der Waals surface area (Å²) in [5.74, 6) is 0. The maximum absolute atomic E-state index is 2.46. The zero-order chi connectivity index (χ0) is 19.3. The molecule has 0 N–H and O–H groups in total. The molecule has 0 spiro atoms. The first-order chi connectivity index (χ1) is 13.3. The molecular formula is C26H40N+. The lowest BCUT2D eigenvalue weighted by molar-refractivity contribution is -0.714. The molecule has 0 aliphatic rings. The number of pyridine rings is 1. The van der Waals surface area contributed by atoms with Crippen molar-refractivity contribution in [3.63, 3.8) is 0 Å². The Hall–Kier alpha value is -1.63. The molecule has 0 radical (unpaired) electrons. The Balaban J connectivity index is 2.17. The molecule has 148 valence electrons. The minimum Gasteiger partial charge on any atom is -0.198 e. The zero-order valence-corrected chi connectivity index (χ0v) is 17.9. The average molecular weight is 367 g/mol. The van der Waals surface area contributed by atoms with Crippen LogP contribution in [0.3, 0.4) is 0 Å². The van der Waals surface area contributed by atoms with Gasteiger partial charge in [-0.25, -0.2) is 0 Å². The first-order valence-corrected chi connectivity index (χ1v) is 11.4. The van der Waals surface area contributed by atoms with Crippen LogP contribution in [0.25, 0.3) is 0 Å². The third kappa shape index (κ3) is 7.13. The third-order valence-corrected chi connectivity index (χ3v) is 5.70. The molecule has 0 aliphatic heterocycles. The van der Waals surface area contributed by atoms with Gasteiger partial charge >= 0.3 is 0 Å². The maximum Gasteiger partial charge on any atom is 0.183 e. The van der Waals surface area contributed by atoms with Crippen LogP contribution in [0.4, 0.5) is 0 Å². The van der Waals surface area contributed by atoms with Gasteiger partial charge in [-0.2, -0.15) is 4.57 Å². The number of hydrogen-bond acceptors (Lipinski definition) is 0. The number of benzene rings is 1. The van der Waals surface area contributed by atoms with Crippen LogP contribution in [-0.2, 0) is 12.8 Å². The van der Waals surface area contributed by atoms with Gasteiger partial charge in [-0.1, -0.05) is 89.6 Å². The second kappa shape index (κ2) is 12.7. The second-order valence-corrected chi connectivity index (χ2v) is 7.90. The molecule has 0 aliphatic carbocycles. The molecule has 0 saturated heterocycles. The Kier molecular flexibility index (Phi) is 10.2. The van der Waals surface area contributed by atoms with E-state index in [0.717, 1.165) is 6.42 Å². The lowest BCUT2D eigenvalue weighted by atomic mass is 9.97. The van der Waals surface area contributed by atoms with Crippen molar-refractivity contribution in [1.29, 1.82) is 0 Å². The smallest absolute Gasteiger partial charge is 0.183 e. The molecule has 2 rings (SSSR count). The summed E-state index contributed by atoms with van der Waals surface area (Å²) in [5.41, 5.74) is 4.58. The average Bonchev–Trinajstić information content (AvgIpc) is 2.71. The SMILES string of the molecule is CCCCCCc1cc[n+](C(CC)c2ccccc2)cc1CCCCCC. The van der Waals surface area contributed by atoms with E-state index < -0.39 is 0 Å². The number of nitrogens with zero attached hydrogens (tertiary/aromatic N) is 1. The number of unbranched alkanes of at least 4 members (excludes halogenated alkanes) is 6. The van der Waals surface area contributed by atoms with Gasteiger partial charge in [0.25, 0.3) is 0 Å². The van der Waals surface area contributed by atoms with Crippen LogP contribution in [0.2, 0.25) is 0 Å². The minimum absolute atomic E-state index is 0.440. The molecule has 1 aromatic heterocycles. The summed E-state index contributed by atoms with van der Waals surface area (Å²) in [6, 6.07) is 13.8. The molecule has 1 unspecified atom stereocenters. The maximum atomic E-state index is 2.46. The van der Waals surface area contributed by atoms with Crippen molar-refractivity contribution < 1.29 is 4.57 Å². The summed E-state index contributed by atoms with van der Waals surface area (Å²) in [5, 5.41) is 0. The Morgan fingerprint density at radius 2 is 1.33 bits per heavy atom. The summed E-state index contributed by atoms with van der Waals surface area (Å²) >= 11 is 0. The third-order valence-electron chi connectivity index (χ3n) is 5.70. The Morgan fingerprint density at radius 3 is 1.93 bits per heavy atom. The van der Waals surface area contributed by atoms with Crippen LogP contribution in [0.1, 0.15) is 101 Å². The van der Waals surface area contributed by atoms with Crippen LogP contribution in [-0.4, -0.2) is 0 Å². The lowest BCUT2D eigenvalue weighted by Gasteiger charge is -2.14. The molecule has 0 fully saturated rings. The number of aromatic nitrogens is 1. The van der Waals surface area contributed by atoms with Crippen molar-refractivity contribution in [3.05, 3.63) is 65.5 Å². The quantitative estimate of drug-likeness (QED) is 0.260. The van der Waals surface area contributed by atoms with E-state index in [9.17, 15) is 0 Å². The number of rotatable bonds is 13. The Morgan fingerprint density at radius 1 is 0.704 bits per heavy atom. The van der Waals surface area contributed by atoms with Crippen molar-refractivity contribution in [1.82, 2.24) is 0 Å². The van der Waals surface area contributed by atoms with Crippen LogP contribution < -0.4 is 4.57 Å². The van der Waals surface area contributed by atoms with Crippen LogP contribution >= 0.6 is 0 Å². The predicted octanol–water partition coefficient (Wildman–Crippen LogP) is 7.22. The predicted molar refractivity (Wildman–Crippen MR) is 117 cm³/mol.